The number of methoxy groups -OCH3 is 2. The van der Waals surface area contributed by atoms with E-state index in [9.17, 15) is 14.9 Å². The molecule has 0 unspecified atom stereocenters. The highest BCUT2D eigenvalue weighted by Gasteiger charge is 2.20. The van der Waals surface area contributed by atoms with Crippen LogP contribution in [0.1, 0.15) is 21.0 Å². The Morgan fingerprint density at radius 2 is 2.17 bits per heavy atom. The van der Waals surface area contributed by atoms with Gasteiger partial charge in [0.1, 0.15) is 10.9 Å². The van der Waals surface area contributed by atoms with E-state index in [1.165, 1.54) is 24.5 Å². The van der Waals surface area contributed by atoms with Crippen molar-refractivity contribution in [1.82, 2.24) is 10.2 Å². The first-order valence-electron chi connectivity index (χ1n) is 8.56. The minimum atomic E-state index is -0.796. The topological polar surface area (TPSA) is 139 Å². The van der Waals surface area contributed by atoms with E-state index in [4.69, 9.17) is 13.9 Å². The minimum absolute atomic E-state index is 0.0437. The van der Waals surface area contributed by atoms with Crippen LogP contribution in [0, 0.1) is 18.3 Å². The van der Waals surface area contributed by atoms with Crippen LogP contribution >= 0.6 is 22.7 Å². The van der Waals surface area contributed by atoms with E-state index >= 15 is 0 Å². The van der Waals surface area contributed by atoms with Crippen LogP contribution in [-0.2, 0) is 4.74 Å². The summed E-state index contributed by atoms with van der Waals surface area (Å²) in [4.78, 5) is 25.3. The Hall–Kier alpha value is -3.27. The zero-order valence-electron chi connectivity index (χ0n) is 16.3. The molecule has 0 aliphatic carbocycles. The highest BCUT2D eigenvalue weighted by atomic mass is 32.1. The Morgan fingerprint density at radius 3 is 2.87 bits per heavy atom. The SMILES string of the molecule is COCCNc1cc(C(=O)Nc2nnc(-c3c(C)csc3C#N)s2)oc(=O)c1OC. The van der Waals surface area contributed by atoms with Crippen molar-refractivity contribution in [3.63, 3.8) is 0 Å². The lowest BCUT2D eigenvalue weighted by molar-refractivity contribution is 0.0991. The van der Waals surface area contributed by atoms with Crippen LogP contribution in [0.3, 0.4) is 0 Å². The van der Waals surface area contributed by atoms with Gasteiger partial charge in [-0.3, -0.25) is 10.1 Å². The summed E-state index contributed by atoms with van der Waals surface area (Å²) in [5.41, 5.74) is 1.11. The van der Waals surface area contributed by atoms with Gasteiger partial charge in [0.05, 0.1) is 19.4 Å². The lowest BCUT2D eigenvalue weighted by atomic mass is 10.2. The molecule has 12 heteroatoms. The van der Waals surface area contributed by atoms with E-state index in [0.29, 0.717) is 34.3 Å². The second-order valence-corrected chi connectivity index (χ2v) is 7.72. The molecule has 0 atom stereocenters. The smallest absolute Gasteiger partial charge is 0.381 e. The van der Waals surface area contributed by atoms with Crippen molar-refractivity contribution in [2.24, 2.45) is 0 Å². The number of hydrogen-bond acceptors (Lipinski definition) is 11. The van der Waals surface area contributed by atoms with Crippen LogP contribution < -0.4 is 21.0 Å². The van der Waals surface area contributed by atoms with Crippen molar-refractivity contribution >= 4 is 39.4 Å². The lowest BCUT2D eigenvalue weighted by Gasteiger charge is -2.10. The number of aromatic nitrogens is 2. The molecule has 0 aliphatic heterocycles. The fourth-order valence-electron chi connectivity index (χ4n) is 2.53. The Bertz CT molecular complexity index is 1160. The van der Waals surface area contributed by atoms with Crippen LogP contribution in [-0.4, -0.2) is 43.5 Å². The third-order valence-corrected chi connectivity index (χ3v) is 5.75. The molecule has 0 spiro atoms. The Balaban J connectivity index is 1.83. The monoisotopic (exact) mass is 447 g/mol. The summed E-state index contributed by atoms with van der Waals surface area (Å²) >= 11 is 2.43. The number of ether oxygens (including phenoxy) is 2. The maximum Gasteiger partial charge on any atom is 0.381 e. The first-order valence-corrected chi connectivity index (χ1v) is 10.3. The second-order valence-electron chi connectivity index (χ2n) is 5.87. The van der Waals surface area contributed by atoms with Crippen molar-refractivity contribution < 1.29 is 18.7 Å². The molecular weight excluding hydrogens is 430 g/mol. The molecular formula is C18H17N5O5S2. The molecule has 3 rings (SSSR count). The number of nitrogens with one attached hydrogen (secondary N) is 2. The van der Waals surface area contributed by atoms with Crippen LogP contribution in [0.15, 0.2) is 20.7 Å². The molecule has 3 heterocycles. The lowest BCUT2D eigenvalue weighted by Crippen LogP contribution is -2.18. The fraction of sp³-hybridized carbons (Fsp3) is 0.278. The number of thiophene rings is 1. The van der Waals surface area contributed by atoms with Gasteiger partial charge in [-0.25, -0.2) is 4.79 Å². The zero-order chi connectivity index (χ0) is 21.7. The molecule has 0 aliphatic rings. The number of nitrogens with zero attached hydrogens (tertiary/aromatic N) is 3. The molecule has 0 aromatic carbocycles. The van der Waals surface area contributed by atoms with Crippen molar-refractivity contribution in [3.8, 4) is 22.4 Å². The number of amides is 1. The summed E-state index contributed by atoms with van der Waals surface area (Å²) in [6.07, 6.45) is 0. The molecule has 30 heavy (non-hydrogen) atoms. The van der Waals surface area contributed by atoms with Gasteiger partial charge < -0.3 is 19.2 Å². The largest absolute Gasteiger partial charge is 0.488 e. The molecule has 3 aromatic heterocycles. The normalized spacial score (nSPS) is 10.5. The third-order valence-electron chi connectivity index (χ3n) is 3.89. The van der Waals surface area contributed by atoms with Gasteiger partial charge in [0, 0.05) is 25.3 Å². The highest BCUT2D eigenvalue weighted by molar-refractivity contribution is 7.19. The summed E-state index contributed by atoms with van der Waals surface area (Å²) in [6.45, 7) is 2.67. The van der Waals surface area contributed by atoms with Gasteiger partial charge in [0.2, 0.25) is 10.9 Å². The number of hydrogen-bond donors (Lipinski definition) is 2. The molecule has 156 valence electrons. The molecule has 1 amide bonds. The maximum absolute atomic E-state index is 12.6. The van der Waals surface area contributed by atoms with Gasteiger partial charge in [0.15, 0.2) is 10.8 Å². The maximum atomic E-state index is 12.6. The summed E-state index contributed by atoms with van der Waals surface area (Å²) in [5.74, 6) is -0.936. The number of anilines is 2. The number of aryl methyl sites for hydroxylation is 1. The number of rotatable bonds is 8. The average molecular weight is 447 g/mol. The molecule has 0 saturated carbocycles. The first-order chi connectivity index (χ1) is 14.5. The quantitative estimate of drug-likeness (QED) is 0.499. The van der Waals surface area contributed by atoms with Gasteiger partial charge in [-0.2, -0.15) is 5.26 Å². The fourth-order valence-corrected chi connectivity index (χ4v) is 4.29. The first kappa shape index (κ1) is 21.4. The van der Waals surface area contributed by atoms with Gasteiger partial charge in [-0.1, -0.05) is 11.3 Å². The molecule has 3 aromatic rings. The minimum Gasteiger partial charge on any atom is -0.488 e. The zero-order valence-corrected chi connectivity index (χ0v) is 17.9. The van der Waals surface area contributed by atoms with Crippen molar-refractivity contribution in [2.45, 2.75) is 6.92 Å². The molecule has 0 saturated heterocycles. The Morgan fingerprint density at radius 1 is 1.37 bits per heavy atom. The standard InChI is InChI=1S/C18H17N5O5S2/c1-9-8-29-12(7-19)13(9)16-22-23-18(30-16)21-15(24)11-6-10(20-4-5-26-2)14(27-3)17(25)28-11/h6,8,20H,4-5H2,1-3H3,(H,21,23,24). The van der Waals surface area contributed by atoms with E-state index in [2.05, 4.69) is 26.9 Å². The Labute approximate surface area is 179 Å². The number of carbonyl (C=O) groups is 1. The average Bonchev–Trinajstić information content (AvgIpc) is 3.33. The van der Waals surface area contributed by atoms with Crippen LogP contribution in [0.2, 0.25) is 0 Å². The van der Waals surface area contributed by atoms with Crippen molar-refractivity contribution in [3.05, 3.63) is 38.1 Å². The van der Waals surface area contributed by atoms with Gasteiger partial charge in [-0.15, -0.1) is 21.5 Å². The predicted octanol–water partition coefficient (Wildman–Crippen LogP) is 2.72. The van der Waals surface area contributed by atoms with Gasteiger partial charge in [0.25, 0.3) is 5.91 Å². The summed E-state index contributed by atoms with van der Waals surface area (Å²) in [7, 11) is 2.88. The van der Waals surface area contributed by atoms with Crippen LogP contribution in [0.25, 0.3) is 10.6 Å². The summed E-state index contributed by atoms with van der Waals surface area (Å²) < 4.78 is 15.1. The highest BCUT2D eigenvalue weighted by Crippen LogP contribution is 2.35. The van der Waals surface area contributed by atoms with E-state index in [0.717, 1.165) is 16.9 Å². The van der Waals surface area contributed by atoms with Crippen molar-refractivity contribution in [2.75, 3.05) is 38.0 Å². The van der Waals surface area contributed by atoms with E-state index < -0.39 is 11.5 Å². The second kappa shape index (κ2) is 9.49. The third kappa shape index (κ3) is 4.48. The van der Waals surface area contributed by atoms with E-state index in [-0.39, 0.29) is 16.6 Å². The van der Waals surface area contributed by atoms with E-state index in [1.54, 1.807) is 7.11 Å². The van der Waals surface area contributed by atoms with Crippen molar-refractivity contribution in [1.29, 1.82) is 5.26 Å². The Kier molecular flexibility index (Phi) is 6.78. The molecule has 0 radical (unpaired) electrons. The van der Waals surface area contributed by atoms with Crippen LogP contribution in [0.4, 0.5) is 10.8 Å². The summed E-state index contributed by atoms with van der Waals surface area (Å²) in [6, 6.07) is 3.49. The molecule has 0 bridgehead atoms. The number of nitriles is 1. The number of carbonyl (C=O) groups excluding carboxylic acids is 1. The van der Waals surface area contributed by atoms with E-state index in [1.807, 2.05) is 12.3 Å². The predicted molar refractivity (Wildman–Crippen MR) is 113 cm³/mol. The molecule has 0 fully saturated rings. The van der Waals surface area contributed by atoms with Gasteiger partial charge in [-0.05, 0) is 17.9 Å². The summed E-state index contributed by atoms with van der Waals surface area (Å²) in [5, 5.41) is 25.3. The molecule has 10 nitrogen and oxygen atoms in total. The molecule has 2 N–H and O–H groups in total. The van der Waals surface area contributed by atoms with Crippen LogP contribution in [0.5, 0.6) is 5.75 Å². The van der Waals surface area contributed by atoms with Gasteiger partial charge >= 0.3 is 5.63 Å².